The number of aromatic nitrogens is 3. The SMILES string of the molecule is Cc1ccc(NC(=O)[C@@H]2C[C@](C)(O)C[C@H]2c2nnc([C@H]3C[C@@H](CC(C)C)C3)n2C2CC2)c(C)c1. The predicted octanol–water partition coefficient (Wildman–Crippen LogP) is 5.65. The number of benzene rings is 1. The first-order valence-corrected chi connectivity index (χ1v) is 13.2. The molecular formula is C28H40N4O2. The normalized spacial score (nSPS) is 31.0. The van der Waals surface area contributed by atoms with Crippen LogP contribution in [0.3, 0.4) is 0 Å². The second-order valence-electron chi connectivity index (χ2n) is 12.1. The smallest absolute Gasteiger partial charge is 0.228 e. The van der Waals surface area contributed by atoms with E-state index in [1.165, 1.54) is 24.8 Å². The molecule has 0 radical (unpaired) electrons. The lowest BCUT2D eigenvalue weighted by atomic mass is 9.71. The fourth-order valence-corrected chi connectivity index (χ4v) is 6.40. The maximum atomic E-state index is 13.5. The first-order valence-electron chi connectivity index (χ1n) is 13.2. The Morgan fingerprint density at radius 2 is 1.88 bits per heavy atom. The molecule has 0 bridgehead atoms. The van der Waals surface area contributed by atoms with Crippen LogP contribution >= 0.6 is 0 Å². The second-order valence-corrected chi connectivity index (χ2v) is 12.1. The largest absolute Gasteiger partial charge is 0.390 e. The van der Waals surface area contributed by atoms with Crippen molar-refractivity contribution in [3.63, 3.8) is 0 Å². The minimum absolute atomic E-state index is 0.0257. The molecule has 3 fully saturated rings. The highest BCUT2D eigenvalue weighted by Gasteiger charge is 2.49. The first kappa shape index (κ1) is 23.5. The molecule has 1 heterocycles. The van der Waals surface area contributed by atoms with Crippen LogP contribution in [0.1, 0.15) is 106 Å². The van der Waals surface area contributed by atoms with Gasteiger partial charge in [0.2, 0.25) is 5.91 Å². The molecule has 3 atom stereocenters. The van der Waals surface area contributed by atoms with Gasteiger partial charge in [-0.1, -0.05) is 31.5 Å². The van der Waals surface area contributed by atoms with Gasteiger partial charge in [-0.15, -0.1) is 10.2 Å². The van der Waals surface area contributed by atoms with Crippen molar-refractivity contribution in [1.82, 2.24) is 14.8 Å². The van der Waals surface area contributed by atoms with Crippen molar-refractivity contribution in [2.75, 3.05) is 5.32 Å². The number of aryl methyl sites for hydroxylation is 2. The van der Waals surface area contributed by atoms with E-state index in [4.69, 9.17) is 10.2 Å². The second kappa shape index (κ2) is 8.78. The van der Waals surface area contributed by atoms with Crippen LogP contribution in [0, 0.1) is 31.6 Å². The third kappa shape index (κ3) is 4.66. The average Bonchev–Trinajstić information content (AvgIpc) is 3.38. The number of nitrogens with one attached hydrogen (secondary N) is 1. The summed E-state index contributed by atoms with van der Waals surface area (Å²) in [5, 5.41) is 23.6. The van der Waals surface area contributed by atoms with Crippen LogP contribution in [0.4, 0.5) is 5.69 Å². The van der Waals surface area contributed by atoms with E-state index in [1.54, 1.807) is 0 Å². The van der Waals surface area contributed by atoms with Gasteiger partial charge in [0.25, 0.3) is 0 Å². The molecule has 34 heavy (non-hydrogen) atoms. The van der Waals surface area contributed by atoms with Crippen molar-refractivity contribution in [2.24, 2.45) is 17.8 Å². The summed E-state index contributed by atoms with van der Waals surface area (Å²) in [4.78, 5) is 13.5. The minimum Gasteiger partial charge on any atom is -0.390 e. The number of rotatable bonds is 7. The molecule has 5 rings (SSSR count). The van der Waals surface area contributed by atoms with Crippen molar-refractivity contribution in [3.8, 4) is 0 Å². The highest BCUT2D eigenvalue weighted by atomic mass is 16.3. The molecule has 2 aromatic rings. The van der Waals surface area contributed by atoms with E-state index in [2.05, 4.69) is 36.7 Å². The highest BCUT2D eigenvalue weighted by molar-refractivity contribution is 5.94. The lowest BCUT2D eigenvalue weighted by Gasteiger charge is -2.36. The van der Waals surface area contributed by atoms with Crippen LogP contribution in [0.15, 0.2) is 18.2 Å². The number of carbonyl (C=O) groups is 1. The summed E-state index contributed by atoms with van der Waals surface area (Å²) in [6, 6.07) is 6.53. The molecule has 1 amide bonds. The number of aliphatic hydroxyl groups is 1. The zero-order valence-corrected chi connectivity index (χ0v) is 21.3. The van der Waals surface area contributed by atoms with Gasteiger partial charge in [0.15, 0.2) is 0 Å². The molecule has 0 spiro atoms. The van der Waals surface area contributed by atoms with Gasteiger partial charge in [-0.3, -0.25) is 4.79 Å². The first-order chi connectivity index (χ1) is 16.1. The van der Waals surface area contributed by atoms with E-state index in [9.17, 15) is 9.90 Å². The lowest BCUT2D eigenvalue weighted by molar-refractivity contribution is -0.120. The Morgan fingerprint density at radius 1 is 1.18 bits per heavy atom. The Kier molecular flexibility index (Phi) is 6.07. The third-order valence-corrected chi connectivity index (χ3v) is 8.18. The summed E-state index contributed by atoms with van der Waals surface area (Å²) in [7, 11) is 0. The van der Waals surface area contributed by atoms with Crippen LogP contribution in [0.2, 0.25) is 0 Å². The molecule has 6 nitrogen and oxygen atoms in total. The van der Waals surface area contributed by atoms with E-state index >= 15 is 0 Å². The van der Waals surface area contributed by atoms with Crippen molar-refractivity contribution >= 4 is 11.6 Å². The average molecular weight is 465 g/mol. The number of carbonyl (C=O) groups excluding carboxylic acids is 1. The van der Waals surface area contributed by atoms with Crippen LogP contribution < -0.4 is 5.32 Å². The van der Waals surface area contributed by atoms with Gasteiger partial charge < -0.3 is 15.0 Å². The molecule has 3 aliphatic rings. The van der Waals surface area contributed by atoms with Crippen molar-refractivity contribution < 1.29 is 9.90 Å². The van der Waals surface area contributed by atoms with E-state index in [0.717, 1.165) is 47.6 Å². The van der Waals surface area contributed by atoms with Crippen LogP contribution in [0.5, 0.6) is 0 Å². The Balaban J connectivity index is 1.39. The molecule has 3 saturated carbocycles. The molecule has 2 N–H and O–H groups in total. The summed E-state index contributed by atoms with van der Waals surface area (Å²) in [6.07, 6.45) is 6.98. The van der Waals surface area contributed by atoms with Gasteiger partial charge in [0, 0.05) is 23.6 Å². The van der Waals surface area contributed by atoms with Gasteiger partial charge in [0.1, 0.15) is 11.6 Å². The van der Waals surface area contributed by atoms with Gasteiger partial charge in [-0.05, 0) is 89.2 Å². The maximum Gasteiger partial charge on any atom is 0.228 e. The number of amides is 1. The topological polar surface area (TPSA) is 80.0 Å². The molecule has 0 unspecified atom stereocenters. The molecule has 0 aliphatic heterocycles. The fraction of sp³-hybridized carbons (Fsp3) is 0.679. The molecule has 1 aromatic carbocycles. The van der Waals surface area contributed by atoms with E-state index < -0.39 is 5.60 Å². The van der Waals surface area contributed by atoms with Gasteiger partial charge in [-0.2, -0.15) is 0 Å². The zero-order chi connectivity index (χ0) is 24.2. The van der Waals surface area contributed by atoms with Gasteiger partial charge >= 0.3 is 0 Å². The summed E-state index contributed by atoms with van der Waals surface area (Å²) in [5.74, 6) is 3.59. The zero-order valence-electron chi connectivity index (χ0n) is 21.3. The summed E-state index contributed by atoms with van der Waals surface area (Å²) < 4.78 is 2.37. The summed E-state index contributed by atoms with van der Waals surface area (Å²) in [5.41, 5.74) is 2.19. The third-order valence-electron chi connectivity index (χ3n) is 8.18. The molecule has 184 valence electrons. The Hall–Kier alpha value is -2.21. The number of anilines is 1. The van der Waals surface area contributed by atoms with Gasteiger partial charge in [0.05, 0.1) is 11.5 Å². The Labute approximate surface area is 203 Å². The Bertz CT molecular complexity index is 1060. The maximum absolute atomic E-state index is 13.5. The predicted molar refractivity (Wildman–Crippen MR) is 134 cm³/mol. The minimum atomic E-state index is -0.881. The number of hydrogen-bond donors (Lipinski definition) is 2. The fourth-order valence-electron chi connectivity index (χ4n) is 6.40. The summed E-state index contributed by atoms with van der Waals surface area (Å²) in [6.45, 7) is 10.5. The summed E-state index contributed by atoms with van der Waals surface area (Å²) >= 11 is 0. The monoisotopic (exact) mass is 464 g/mol. The standard InChI is InChI=1S/C28H40N4O2/c1-16(2)10-19-12-20(13-19)25-30-31-26(32(25)21-7-8-21)22-14-28(5,34)15-23(22)27(33)29-24-9-6-17(3)11-18(24)4/h6,9,11,16,19-23,34H,7-8,10,12-15H2,1-5H3,(H,29,33)/t19-,20+,22-,23-,28-/m1/s1. The van der Waals surface area contributed by atoms with Crippen molar-refractivity contribution in [2.45, 2.75) is 103 Å². The van der Waals surface area contributed by atoms with Crippen LogP contribution in [-0.4, -0.2) is 31.4 Å². The molecule has 0 saturated heterocycles. The van der Waals surface area contributed by atoms with Gasteiger partial charge in [-0.25, -0.2) is 0 Å². The van der Waals surface area contributed by atoms with Crippen molar-refractivity contribution in [1.29, 1.82) is 0 Å². The lowest BCUT2D eigenvalue weighted by Crippen LogP contribution is -2.28. The van der Waals surface area contributed by atoms with Crippen LogP contribution in [-0.2, 0) is 4.79 Å². The van der Waals surface area contributed by atoms with E-state index in [1.807, 2.05) is 26.0 Å². The molecule has 6 heteroatoms. The molecule has 3 aliphatic carbocycles. The highest BCUT2D eigenvalue weighted by Crippen LogP contribution is 2.51. The molecule has 1 aromatic heterocycles. The van der Waals surface area contributed by atoms with E-state index in [-0.39, 0.29) is 17.7 Å². The van der Waals surface area contributed by atoms with Crippen LogP contribution in [0.25, 0.3) is 0 Å². The number of hydrogen-bond acceptors (Lipinski definition) is 4. The number of nitrogens with zero attached hydrogens (tertiary/aromatic N) is 3. The quantitative estimate of drug-likeness (QED) is 0.555. The Morgan fingerprint density at radius 3 is 2.53 bits per heavy atom. The van der Waals surface area contributed by atoms with E-state index in [0.29, 0.717) is 24.8 Å². The van der Waals surface area contributed by atoms with Crippen molar-refractivity contribution in [3.05, 3.63) is 41.0 Å². The molecular weight excluding hydrogens is 424 g/mol.